The van der Waals surface area contributed by atoms with Crippen LogP contribution in [0.3, 0.4) is 0 Å². The van der Waals surface area contributed by atoms with Gasteiger partial charge in [0.15, 0.2) is 0 Å². The summed E-state index contributed by atoms with van der Waals surface area (Å²) in [5.74, 6) is -0.255. The summed E-state index contributed by atoms with van der Waals surface area (Å²) < 4.78 is 13.3. The minimum Gasteiger partial charge on any atom is -0.343 e. The highest BCUT2D eigenvalue weighted by Gasteiger charge is 2.09. The second-order valence-electron chi connectivity index (χ2n) is 4.60. The zero-order valence-electron chi connectivity index (χ0n) is 11.7. The smallest absolute Gasteiger partial charge is 0.125 e. The van der Waals surface area contributed by atoms with Crippen LogP contribution in [-0.4, -0.2) is 13.6 Å². The topological polar surface area (TPSA) is 15.3 Å². The molecular weight excluding hydrogens is 275 g/mol. The molecule has 0 aliphatic rings. The predicted molar refractivity (Wildman–Crippen MR) is 83.3 cm³/mol. The van der Waals surface area contributed by atoms with Gasteiger partial charge in [-0.2, -0.15) is 0 Å². The molecule has 2 rings (SSSR count). The molecule has 0 aliphatic heterocycles. The first kappa shape index (κ1) is 14.8. The lowest BCUT2D eigenvalue weighted by molar-refractivity contribution is 0.628. The van der Waals surface area contributed by atoms with Crippen molar-refractivity contribution in [2.24, 2.45) is 0 Å². The van der Waals surface area contributed by atoms with Gasteiger partial charge in [-0.15, -0.1) is 0 Å². The summed E-state index contributed by atoms with van der Waals surface area (Å²) in [4.78, 5) is 1.88. The molecule has 0 radical (unpaired) electrons. The van der Waals surface area contributed by atoms with E-state index in [0.717, 1.165) is 30.0 Å². The van der Waals surface area contributed by atoms with E-state index >= 15 is 0 Å². The SMILES string of the molecule is CCNCc1ccc(N(C)c2cccc(F)c2)c(Cl)c1. The number of rotatable bonds is 5. The molecule has 2 aromatic carbocycles. The van der Waals surface area contributed by atoms with Crippen LogP contribution in [0.1, 0.15) is 12.5 Å². The quantitative estimate of drug-likeness (QED) is 0.881. The van der Waals surface area contributed by atoms with Gasteiger partial charge < -0.3 is 10.2 Å². The first-order valence-corrected chi connectivity index (χ1v) is 6.98. The van der Waals surface area contributed by atoms with E-state index in [-0.39, 0.29) is 5.82 Å². The third kappa shape index (κ3) is 3.50. The van der Waals surface area contributed by atoms with Gasteiger partial charge in [-0.05, 0) is 42.4 Å². The molecule has 2 nitrogen and oxygen atoms in total. The Kier molecular flexibility index (Phi) is 4.99. The monoisotopic (exact) mass is 292 g/mol. The molecular formula is C16H18ClFN2. The van der Waals surface area contributed by atoms with Gasteiger partial charge in [0, 0.05) is 19.3 Å². The van der Waals surface area contributed by atoms with Gasteiger partial charge in [-0.25, -0.2) is 4.39 Å². The van der Waals surface area contributed by atoms with Crippen molar-refractivity contribution in [2.75, 3.05) is 18.5 Å². The summed E-state index contributed by atoms with van der Waals surface area (Å²) in [6.45, 7) is 3.77. The van der Waals surface area contributed by atoms with E-state index in [1.165, 1.54) is 12.1 Å². The van der Waals surface area contributed by atoms with E-state index in [4.69, 9.17) is 11.6 Å². The molecule has 0 saturated heterocycles. The first-order chi connectivity index (χ1) is 9.61. The maximum absolute atomic E-state index is 13.3. The van der Waals surface area contributed by atoms with Crippen LogP contribution in [0, 0.1) is 5.82 Å². The van der Waals surface area contributed by atoms with E-state index in [0.29, 0.717) is 5.02 Å². The summed E-state index contributed by atoms with van der Waals surface area (Å²) in [6, 6.07) is 12.4. The molecule has 0 heterocycles. The molecule has 0 bridgehead atoms. The Balaban J connectivity index is 2.24. The minimum absolute atomic E-state index is 0.255. The zero-order valence-corrected chi connectivity index (χ0v) is 12.4. The Bertz CT molecular complexity index is 586. The number of nitrogens with zero attached hydrogens (tertiary/aromatic N) is 1. The number of halogens is 2. The Morgan fingerprint density at radius 3 is 2.65 bits per heavy atom. The van der Waals surface area contributed by atoms with Crippen molar-refractivity contribution in [1.29, 1.82) is 0 Å². The normalized spacial score (nSPS) is 10.6. The first-order valence-electron chi connectivity index (χ1n) is 6.60. The lowest BCUT2D eigenvalue weighted by atomic mass is 10.2. The van der Waals surface area contributed by atoms with Crippen LogP contribution in [-0.2, 0) is 6.54 Å². The largest absolute Gasteiger partial charge is 0.343 e. The van der Waals surface area contributed by atoms with Gasteiger partial charge in [0.05, 0.1) is 10.7 Å². The zero-order chi connectivity index (χ0) is 14.5. The minimum atomic E-state index is -0.255. The van der Waals surface area contributed by atoms with Crippen molar-refractivity contribution in [1.82, 2.24) is 5.32 Å². The number of hydrogen-bond acceptors (Lipinski definition) is 2. The Morgan fingerprint density at radius 1 is 1.20 bits per heavy atom. The van der Waals surface area contributed by atoms with Crippen molar-refractivity contribution >= 4 is 23.0 Å². The fourth-order valence-electron chi connectivity index (χ4n) is 2.03. The summed E-state index contributed by atoms with van der Waals surface area (Å²) in [5, 5.41) is 3.92. The van der Waals surface area contributed by atoms with Crippen molar-refractivity contribution in [3.63, 3.8) is 0 Å². The maximum Gasteiger partial charge on any atom is 0.125 e. The number of nitrogens with one attached hydrogen (secondary N) is 1. The van der Waals surface area contributed by atoms with E-state index < -0.39 is 0 Å². The van der Waals surface area contributed by atoms with E-state index in [9.17, 15) is 4.39 Å². The third-order valence-corrected chi connectivity index (χ3v) is 3.45. The second kappa shape index (κ2) is 6.73. The highest BCUT2D eigenvalue weighted by Crippen LogP contribution is 2.31. The molecule has 0 saturated carbocycles. The average molecular weight is 293 g/mol. The van der Waals surface area contributed by atoms with Crippen LogP contribution in [0.25, 0.3) is 0 Å². The molecule has 20 heavy (non-hydrogen) atoms. The maximum atomic E-state index is 13.3. The predicted octanol–water partition coefficient (Wildman–Crippen LogP) is 4.36. The van der Waals surface area contributed by atoms with E-state index in [1.807, 2.05) is 36.2 Å². The summed E-state index contributed by atoms with van der Waals surface area (Å²) >= 11 is 6.33. The average Bonchev–Trinajstić information content (AvgIpc) is 2.44. The third-order valence-electron chi connectivity index (χ3n) is 3.15. The van der Waals surface area contributed by atoms with Crippen LogP contribution in [0.5, 0.6) is 0 Å². The highest BCUT2D eigenvalue weighted by molar-refractivity contribution is 6.33. The lowest BCUT2D eigenvalue weighted by Crippen LogP contribution is -2.13. The number of hydrogen-bond donors (Lipinski definition) is 1. The molecule has 1 N–H and O–H groups in total. The van der Waals surface area contributed by atoms with E-state index in [2.05, 4.69) is 12.2 Å². The van der Waals surface area contributed by atoms with Crippen molar-refractivity contribution in [3.8, 4) is 0 Å². The summed E-state index contributed by atoms with van der Waals surface area (Å²) in [6.07, 6.45) is 0. The Hall–Kier alpha value is -1.58. The molecule has 0 spiro atoms. The molecule has 0 aromatic heterocycles. The molecule has 4 heteroatoms. The number of anilines is 2. The summed E-state index contributed by atoms with van der Waals surface area (Å²) in [7, 11) is 1.87. The summed E-state index contributed by atoms with van der Waals surface area (Å²) in [5.41, 5.74) is 2.76. The second-order valence-corrected chi connectivity index (χ2v) is 5.01. The lowest BCUT2D eigenvalue weighted by Gasteiger charge is -2.21. The highest BCUT2D eigenvalue weighted by atomic mass is 35.5. The molecule has 106 valence electrons. The molecule has 0 unspecified atom stereocenters. The van der Waals surface area contributed by atoms with Crippen LogP contribution < -0.4 is 10.2 Å². The van der Waals surface area contributed by atoms with Crippen molar-refractivity contribution < 1.29 is 4.39 Å². The van der Waals surface area contributed by atoms with Crippen LogP contribution >= 0.6 is 11.6 Å². The van der Waals surface area contributed by atoms with Gasteiger partial charge in [-0.1, -0.05) is 30.7 Å². The van der Waals surface area contributed by atoms with Crippen molar-refractivity contribution in [2.45, 2.75) is 13.5 Å². The molecule has 0 amide bonds. The van der Waals surface area contributed by atoms with E-state index in [1.54, 1.807) is 6.07 Å². The Labute approximate surface area is 124 Å². The van der Waals surface area contributed by atoms with Gasteiger partial charge in [0.25, 0.3) is 0 Å². The van der Waals surface area contributed by atoms with Gasteiger partial charge >= 0.3 is 0 Å². The molecule has 0 atom stereocenters. The molecule has 0 fully saturated rings. The number of benzene rings is 2. The van der Waals surface area contributed by atoms with Crippen molar-refractivity contribution in [3.05, 3.63) is 58.9 Å². The Morgan fingerprint density at radius 2 is 2.00 bits per heavy atom. The standard InChI is InChI=1S/C16H18ClFN2/c1-3-19-11-12-7-8-16(15(17)9-12)20(2)14-6-4-5-13(18)10-14/h4-10,19H,3,11H2,1-2H3. The molecule has 0 aliphatic carbocycles. The fourth-order valence-corrected chi connectivity index (χ4v) is 2.36. The van der Waals surface area contributed by atoms with Gasteiger partial charge in [0.1, 0.15) is 5.82 Å². The van der Waals surface area contributed by atoms with Crippen LogP contribution in [0.4, 0.5) is 15.8 Å². The van der Waals surface area contributed by atoms with Crippen LogP contribution in [0.2, 0.25) is 5.02 Å². The fraction of sp³-hybridized carbons (Fsp3) is 0.250. The van der Waals surface area contributed by atoms with Gasteiger partial charge in [0.2, 0.25) is 0 Å². The molecule has 2 aromatic rings. The van der Waals surface area contributed by atoms with Crippen LogP contribution in [0.15, 0.2) is 42.5 Å². The van der Waals surface area contributed by atoms with Gasteiger partial charge in [-0.3, -0.25) is 0 Å².